The van der Waals surface area contributed by atoms with Gasteiger partial charge in [-0.25, -0.2) is 0 Å². The Kier molecular flexibility index (Phi) is 4.04. The highest BCUT2D eigenvalue weighted by Crippen LogP contribution is 2.34. The van der Waals surface area contributed by atoms with Crippen molar-refractivity contribution >= 4 is 38.7 Å². The Hall–Kier alpha value is -1.71. The van der Waals surface area contributed by atoms with Gasteiger partial charge in [0.25, 0.3) is 0 Å². The number of halogens is 1. The molecule has 0 saturated heterocycles. The van der Waals surface area contributed by atoms with E-state index in [1.165, 1.54) is 15.0 Å². The number of benzene rings is 2. The Balaban J connectivity index is 1.89. The highest BCUT2D eigenvalue weighted by Gasteiger charge is 2.12. The number of thiophene rings is 1. The van der Waals surface area contributed by atoms with Gasteiger partial charge in [-0.1, -0.05) is 29.8 Å². The number of rotatable bonds is 4. The van der Waals surface area contributed by atoms with Crippen molar-refractivity contribution in [3.8, 4) is 5.75 Å². The normalized spacial score (nSPS) is 12.3. The molecule has 0 fully saturated rings. The van der Waals surface area contributed by atoms with Crippen molar-refractivity contribution in [2.24, 2.45) is 0 Å². The Labute approximate surface area is 133 Å². The molecule has 1 N–H and O–H groups in total. The summed E-state index contributed by atoms with van der Waals surface area (Å²) < 4.78 is 6.68. The first-order valence-corrected chi connectivity index (χ1v) is 7.95. The first-order valence-electron chi connectivity index (χ1n) is 6.76. The van der Waals surface area contributed by atoms with Gasteiger partial charge >= 0.3 is 0 Å². The fraction of sp³-hybridized carbons (Fsp3) is 0.176. The monoisotopic (exact) mass is 317 g/mol. The van der Waals surface area contributed by atoms with Crippen molar-refractivity contribution in [1.29, 1.82) is 0 Å². The Morgan fingerprint density at radius 2 is 1.95 bits per heavy atom. The fourth-order valence-corrected chi connectivity index (χ4v) is 3.55. The molecular weight excluding hydrogens is 302 g/mol. The maximum Gasteiger partial charge on any atom is 0.142 e. The van der Waals surface area contributed by atoms with Gasteiger partial charge in [0.15, 0.2) is 0 Å². The number of nitrogens with one attached hydrogen (secondary N) is 1. The van der Waals surface area contributed by atoms with E-state index in [1.54, 1.807) is 18.4 Å². The molecular formula is C17H16ClNOS. The van der Waals surface area contributed by atoms with Gasteiger partial charge in [-0.2, -0.15) is 0 Å². The minimum Gasteiger partial charge on any atom is -0.495 e. The third kappa shape index (κ3) is 2.99. The van der Waals surface area contributed by atoms with E-state index in [-0.39, 0.29) is 6.04 Å². The average Bonchev–Trinajstić information content (AvgIpc) is 2.91. The van der Waals surface area contributed by atoms with E-state index >= 15 is 0 Å². The molecule has 3 aromatic rings. The molecule has 3 rings (SSSR count). The van der Waals surface area contributed by atoms with E-state index in [2.05, 4.69) is 42.6 Å². The van der Waals surface area contributed by atoms with Gasteiger partial charge in [0.2, 0.25) is 0 Å². The van der Waals surface area contributed by atoms with E-state index < -0.39 is 0 Å². The number of hydrogen-bond donors (Lipinski definition) is 1. The van der Waals surface area contributed by atoms with Crippen LogP contribution in [0.2, 0.25) is 5.02 Å². The topological polar surface area (TPSA) is 21.3 Å². The van der Waals surface area contributed by atoms with Gasteiger partial charge < -0.3 is 10.1 Å². The third-order valence-electron chi connectivity index (χ3n) is 3.40. The van der Waals surface area contributed by atoms with Crippen molar-refractivity contribution in [1.82, 2.24) is 0 Å². The number of hydrogen-bond acceptors (Lipinski definition) is 3. The molecule has 2 aromatic carbocycles. The second kappa shape index (κ2) is 5.96. The largest absolute Gasteiger partial charge is 0.495 e. The third-order valence-corrected chi connectivity index (χ3v) is 4.94. The lowest BCUT2D eigenvalue weighted by atomic mass is 10.2. The maximum atomic E-state index is 6.07. The Morgan fingerprint density at radius 3 is 2.71 bits per heavy atom. The van der Waals surface area contributed by atoms with Gasteiger partial charge in [-0.15, -0.1) is 11.3 Å². The maximum absolute atomic E-state index is 6.07. The summed E-state index contributed by atoms with van der Waals surface area (Å²) in [6, 6.07) is 16.4. The van der Waals surface area contributed by atoms with Gasteiger partial charge in [-0.3, -0.25) is 0 Å². The molecule has 2 nitrogen and oxygen atoms in total. The van der Waals surface area contributed by atoms with Crippen molar-refractivity contribution in [2.75, 3.05) is 12.4 Å². The summed E-state index contributed by atoms with van der Waals surface area (Å²) in [5.74, 6) is 0.798. The number of anilines is 1. The smallest absolute Gasteiger partial charge is 0.142 e. The predicted molar refractivity (Wildman–Crippen MR) is 91.9 cm³/mol. The summed E-state index contributed by atoms with van der Waals surface area (Å²) in [7, 11) is 1.67. The molecule has 1 aromatic heterocycles. The zero-order valence-corrected chi connectivity index (χ0v) is 13.5. The van der Waals surface area contributed by atoms with Crippen molar-refractivity contribution in [3.63, 3.8) is 0 Å². The lowest BCUT2D eigenvalue weighted by Gasteiger charge is -2.16. The predicted octanol–water partition coefficient (Wildman–Crippen LogP) is 5.74. The summed E-state index contributed by atoms with van der Waals surface area (Å²) in [4.78, 5) is 1.29. The molecule has 1 atom stereocenters. The van der Waals surface area contributed by atoms with Crippen LogP contribution in [0.3, 0.4) is 0 Å². The highest BCUT2D eigenvalue weighted by molar-refractivity contribution is 7.19. The quantitative estimate of drug-likeness (QED) is 0.663. The second-order valence-electron chi connectivity index (χ2n) is 4.90. The molecule has 0 bridgehead atoms. The lowest BCUT2D eigenvalue weighted by Crippen LogP contribution is -2.06. The molecule has 0 aliphatic rings. The summed E-state index contributed by atoms with van der Waals surface area (Å²) in [6.07, 6.45) is 0. The Morgan fingerprint density at radius 1 is 1.14 bits per heavy atom. The van der Waals surface area contributed by atoms with Crippen LogP contribution in [0.15, 0.2) is 48.5 Å². The van der Waals surface area contributed by atoms with Gasteiger partial charge in [0, 0.05) is 14.6 Å². The van der Waals surface area contributed by atoms with Gasteiger partial charge in [0.05, 0.1) is 18.8 Å². The SMILES string of the molecule is COc1ccc(Cl)cc1NC(C)c1cc2ccccc2s1. The molecule has 0 spiro atoms. The molecule has 0 aliphatic carbocycles. The molecule has 0 saturated carbocycles. The van der Waals surface area contributed by atoms with Crippen LogP contribution in [-0.4, -0.2) is 7.11 Å². The van der Waals surface area contributed by atoms with Crippen LogP contribution in [0.25, 0.3) is 10.1 Å². The molecule has 1 heterocycles. The second-order valence-corrected chi connectivity index (χ2v) is 6.45. The van der Waals surface area contributed by atoms with E-state index in [4.69, 9.17) is 16.3 Å². The molecule has 0 radical (unpaired) electrons. The van der Waals surface area contributed by atoms with E-state index in [0.29, 0.717) is 5.02 Å². The van der Waals surface area contributed by atoms with E-state index in [9.17, 15) is 0 Å². The average molecular weight is 318 g/mol. The number of methoxy groups -OCH3 is 1. The zero-order valence-electron chi connectivity index (χ0n) is 11.9. The van der Waals surface area contributed by atoms with Crippen molar-refractivity contribution in [3.05, 3.63) is 58.4 Å². The Bertz CT molecular complexity index is 735. The summed E-state index contributed by atoms with van der Waals surface area (Å²) in [5.41, 5.74) is 0.912. The number of fused-ring (bicyclic) bond motifs is 1. The van der Waals surface area contributed by atoms with Gasteiger partial charge in [-0.05, 0) is 42.6 Å². The molecule has 0 aliphatic heterocycles. The molecule has 21 heavy (non-hydrogen) atoms. The minimum atomic E-state index is 0.190. The van der Waals surface area contributed by atoms with Crippen LogP contribution in [-0.2, 0) is 0 Å². The van der Waals surface area contributed by atoms with E-state index in [0.717, 1.165) is 11.4 Å². The molecule has 1 unspecified atom stereocenters. The standard InChI is InChI=1S/C17H16ClNOS/c1-11(17-9-12-5-3-4-6-16(12)21-17)19-14-10-13(18)7-8-15(14)20-2/h3-11,19H,1-2H3. The van der Waals surface area contributed by atoms with Crippen molar-refractivity contribution < 1.29 is 4.74 Å². The molecule has 0 amide bonds. The summed E-state index contributed by atoms with van der Waals surface area (Å²) >= 11 is 7.88. The summed E-state index contributed by atoms with van der Waals surface area (Å²) in [6.45, 7) is 2.14. The summed E-state index contributed by atoms with van der Waals surface area (Å²) in [5, 5.41) is 5.46. The number of ether oxygens (including phenoxy) is 1. The first-order chi connectivity index (χ1) is 10.2. The fourth-order valence-electron chi connectivity index (χ4n) is 2.31. The van der Waals surface area contributed by atoms with Crippen LogP contribution in [0, 0.1) is 0 Å². The zero-order chi connectivity index (χ0) is 14.8. The lowest BCUT2D eigenvalue weighted by molar-refractivity contribution is 0.416. The van der Waals surface area contributed by atoms with Crippen molar-refractivity contribution in [2.45, 2.75) is 13.0 Å². The highest BCUT2D eigenvalue weighted by atomic mass is 35.5. The van der Waals surface area contributed by atoms with E-state index in [1.807, 2.05) is 18.2 Å². The van der Waals surface area contributed by atoms with Crippen LogP contribution >= 0.6 is 22.9 Å². The molecule has 4 heteroatoms. The first kappa shape index (κ1) is 14.2. The van der Waals surface area contributed by atoms with Crippen LogP contribution in [0.4, 0.5) is 5.69 Å². The molecule has 108 valence electrons. The van der Waals surface area contributed by atoms with Crippen LogP contribution in [0.5, 0.6) is 5.75 Å². The van der Waals surface area contributed by atoms with Crippen LogP contribution < -0.4 is 10.1 Å². The minimum absolute atomic E-state index is 0.190. The van der Waals surface area contributed by atoms with Crippen LogP contribution in [0.1, 0.15) is 17.8 Å². The van der Waals surface area contributed by atoms with Gasteiger partial charge in [0.1, 0.15) is 5.75 Å².